The van der Waals surface area contributed by atoms with Gasteiger partial charge in [0.2, 0.25) is 5.91 Å². The first-order chi connectivity index (χ1) is 12.3. The number of aryl methyl sites for hydroxylation is 1. The van der Waals surface area contributed by atoms with Crippen LogP contribution in [0.15, 0.2) is 53.7 Å². The first kappa shape index (κ1) is 18.2. The lowest BCUT2D eigenvalue weighted by atomic mass is 10.1. The van der Waals surface area contributed by atoms with E-state index >= 15 is 0 Å². The first-order valence-electron chi connectivity index (χ1n) is 7.67. The minimum absolute atomic E-state index is 0.0933. The molecule has 3 aromatic rings. The van der Waals surface area contributed by atoms with E-state index in [1.807, 2.05) is 31.2 Å². The van der Waals surface area contributed by atoms with Gasteiger partial charge in [-0.25, -0.2) is 9.97 Å². The van der Waals surface area contributed by atoms with E-state index in [0.717, 1.165) is 34.4 Å². The SMILES string of the molecule is Cc1nc(SCC(=O)Nc2ccccc2C(F)(F)F)nc2ccccc12. The second-order valence-electron chi connectivity index (χ2n) is 5.49. The van der Waals surface area contributed by atoms with Gasteiger partial charge in [-0.05, 0) is 25.1 Å². The zero-order chi connectivity index (χ0) is 18.7. The molecule has 0 aliphatic heterocycles. The van der Waals surface area contributed by atoms with Gasteiger partial charge in [0.15, 0.2) is 5.16 Å². The molecule has 0 atom stereocenters. The number of halogens is 3. The smallest absolute Gasteiger partial charge is 0.325 e. The summed E-state index contributed by atoms with van der Waals surface area (Å²) in [6.07, 6.45) is -4.53. The Kier molecular flexibility index (Phi) is 5.13. The lowest BCUT2D eigenvalue weighted by Gasteiger charge is -2.13. The van der Waals surface area contributed by atoms with E-state index in [2.05, 4.69) is 15.3 Å². The molecular formula is C18H14F3N3OS. The fourth-order valence-electron chi connectivity index (χ4n) is 2.43. The highest BCUT2D eigenvalue weighted by Gasteiger charge is 2.33. The van der Waals surface area contributed by atoms with Gasteiger partial charge >= 0.3 is 6.18 Å². The quantitative estimate of drug-likeness (QED) is 0.529. The molecule has 0 saturated carbocycles. The van der Waals surface area contributed by atoms with Gasteiger partial charge in [-0.15, -0.1) is 0 Å². The van der Waals surface area contributed by atoms with Crippen LogP contribution in [0.25, 0.3) is 10.9 Å². The molecule has 0 aliphatic rings. The van der Waals surface area contributed by atoms with Gasteiger partial charge in [-0.1, -0.05) is 42.1 Å². The topological polar surface area (TPSA) is 54.9 Å². The number of alkyl halides is 3. The predicted octanol–water partition coefficient (Wildman–Crippen LogP) is 4.69. The minimum atomic E-state index is -4.53. The highest BCUT2D eigenvalue weighted by Crippen LogP contribution is 2.34. The Bertz CT molecular complexity index is 960. The van der Waals surface area contributed by atoms with Crippen molar-refractivity contribution in [1.82, 2.24) is 9.97 Å². The summed E-state index contributed by atoms with van der Waals surface area (Å²) in [5.41, 5.74) is 0.392. The van der Waals surface area contributed by atoms with Crippen molar-refractivity contribution in [2.24, 2.45) is 0 Å². The normalized spacial score (nSPS) is 11.5. The monoisotopic (exact) mass is 377 g/mol. The molecule has 0 unspecified atom stereocenters. The highest BCUT2D eigenvalue weighted by atomic mass is 32.2. The number of amides is 1. The molecule has 134 valence electrons. The van der Waals surface area contributed by atoms with Crippen LogP contribution in [0.3, 0.4) is 0 Å². The lowest BCUT2D eigenvalue weighted by Crippen LogP contribution is -2.18. The third-order valence-electron chi connectivity index (χ3n) is 3.61. The van der Waals surface area contributed by atoms with Crippen LogP contribution in [0.4, 0.5) is 18.9 Å². The van der Waals surface area contributed by atoms with E-state index in [9.17, 15) is 18.0 Å². The van der Waals surface area contributed by atoms with Crippen LogP contribution in [0.2, 0.25) is 0 Å². The molecule has 4 nitrogen and oxygen atoms in total. The molecule has 0 radical (unpaired) electrons. The molecule has 1 N–H and O–H groups in total. The number of carbonyl (C=O) groups excluding carboxylic acids is 1. The molecule has 8 heteroatoms. The largest absolute Gasteiger partial charge is 0.418 e. The zero-order valence-corrected chi connectivity index (χ0v) is 14.5. The van der Waals surface area contributed by atoms with E-state index < -0.39 is 17.6 Å². The summed E-state index contributed by atoms with van der Waals surface area (Å²) >= 11 is 1.07. The molecule has 26 heavy (non-hydrogen) atoms. The molecule has 0 spiro atoms. The van der Waals surface area contributed by atoms with Gasteiger partial charge in [-0.3, -0.25) is 4.79 Å². The summed E-state index contributed by atoms with van der Waals surface area (Å²) in [5.74, 6) is -0.648. The second kappa shape index (κ2) is 7.33. The van der Waals surface area contributed by atoms with Crippen molar-refractivity contribution < 1.29 is 18.0 Å². The number of hydrogen-bond acceptors (Lipinski definition) is 4. The minimum Gasteiger partial charge on any atom is -0.325 e. The molecular weight excluding hydrogens is 363 g/mol. The van der Waals surface area contributed by atoms with Crippen molar-refractivity contribution >= 4 is 34.3 Å². The Labute approximate surface area is 151 Å². The predicted molar refractivity (Wildman–Crippen MR) is 95.1 cm³/mol. The van der Waals surface area contributed by atoms with Crippen LogP contribution in [0.5, 0.6) is 0 Å². The Hall–Kier alpha value is -2.61. The zero-order valence-electron chi connectivity index (χ0n) is 13.7. The summed E-state index contributed by atoms with van der Waals surface area (Å²) in [6, 6.07) is 12.3. The molecule has 1 amide bonds. The van der Waals surface area contributed by atoms with Crippen LogP contribution in [-0.4, -0.2) is 21.6 Å². The van der Waals surface area contributed by atoms with Crippen LogP contribution >= 0.6 is 11.8 Å². The molecule has 1 heterocycles. The maximum absolute atomic E-state index is 13.0. The summed E-state index contributed by atoms with van der Waals surface area (Å²) in [6.45, 7) is 1.84. The first-order valence-corrected chi connectivity index (χ1v) is 8.65. The number of nitrogens with zero attached hydrogens (tertiary/aromatic N) is 2. The van der Waals surface area contributed by atoms with Crippen molar-refractivity contribution in [3.63, 3.8) is 0 Å². The number of anilines is 1. The van der Waals surface area contributed by atoms with Crippen LogP contribution in [-0.2, 0) is 11.0 Å². The van der Waals surface area contributed by atoms with Gasteiger partial charge in [0.05, 0.1) is 22.5 Å². The number of nitrogens with one attached hydrogen (secondary N) is 1. The second-order valence-corrected chi connectivity index (χ2v) is 6.43. The van der Waals surface area contributed by atoms with Crippen molar-refractivity contribution in [2.75, 3.05) is 11.1 Å². The maximum atomic E-state index is 13.0. The number of rotatable bonds is 4. The van der Waals surface area contributed by atoms with Crippen LogP contribution in [0.1, 0.15) is 11.3 Å². The average molecular weight is 377 g/mol. The Morgan fingerprint density at radius 1 is 1.08 bits per heavy atom. The van der Waals surface area contributed by atoms with E-state index in [4.69, 9.17) is 0 Å². The third-order valence-corrected chi connectivity index (χ3v) is 4.46. The number of fused-ring (bicyclic) bond motifs is 1. The van der Waals surface area contributed by atoms with Gasteiger partial charge < -0.3 is 5.32 Å². The van der Waals surface area contributed by atoms with Crippen molar-refractivity contribution in [2.45, 2.75) is 18.3 Å². The highest BCUT2D eigenvalue weighted by molar-refractivity contribution is 7.99. The Balaban J connectivity index is 1.71. The fourth-order valence-corrected chi connectivity index (χ4v) is 3.13. The fraction of sp³-hybridized carbons (Fsp3) is 0.167. The molecule has 3 rings (SSSR count). The molecule has 0 saturated heterocycles. The molecule has 0 bridgehead atoms. The summed E-state index contributed by atoms with van der Waals surface area (Å²) in [4.78, 5) is 20.8. The maximum Gasteiger partial charge on any atom is 0.418 e. The number of carbonyl (C=O) groups is 1. The Morgan fingerprint density at radius 3 is 2.54 bits per heavy atom. The van der Waals surface area contributed by atoms with Gasteiger partial charge in [0.25, 0.3) is 0 Å². The van der Waals surface area contributed by atoms with Gasteiger partial charge in [-0.2, -0.15) is 13.2 Å². The number of thioether (sulfide) groups is 1. The lowest BCUT2D eigenvalue weighted by molar-refractivity contribution is -0.137. The van der Waals surface area contributed by atoms with Crippen molar-refractivity contribution in [1.29, 1.82) is 0 Å². The molecule has 1 aromatic heterocycles. The number of benzene rings is 2. The van der Waals surface area contributed by atoms with Crippen LogP contribution in [0, 0.1) is 6.92 Å². The van der Waals surface area contributed by atoms with Gasteiger partial charge in [0.1, 0.15) is 0 Å². The molecule has 2 aromatic carbocycles. The molecule has 0 aliphatic carbocycles. The van der Waals surface area contributed by atoms with Crippen molar-refractivity contribution in [3.05, 3.63) is 59.8 Å². The third kappa shape index (κ3) is 4.13. The average Bonchev–Trinajstić information content (AvgIpc) is 2.60. The summed E-state index contributed by atoms with van der Waals surface area (Å²) in [7, 11) is 0. The number of aromatic nitrogens is 2. The van der Waals surface area contributed by atoms with E-state index in [1.165, 1.54) is 18.2 Å². The summed E-state index contributed by atoms with van der Waals surface area (Å²) < 4.78 is 38.9. The van der Waals surface area contributed by atoms with E-state index in [0.29, 0.717) is 5.16 Å². The number of para-hydroxylation sites is 2. The van der Waals surface area contributed by atoms with Crippen LogP contribution < -0.4 is 5.32 Å². The Morgan fingerprint density at radius 2 is 1.77 bits per heavy atom. The number of hydrogen-bond donors (Lipinski definition) is 1. The molecule has 0 fully saturated rings. The van der Waals surface area contributed by atoms with Crippen molar-refractivity contribution in [3.8, 4) is 0 Å². The summed E-state index contributed by atoms with van der Waals surface area (Å²) in [5, 5.41) is 3.62. The standard InChI is InChI=1S/C18H14F3N3OS/c1-11-12-6-2-4-8-14(12)24-17(22-11)26-10-16(25)23-15-9-5-3-7-13(15)18(19,20)21/h2-9H,10H2,1H3,(H,23,25). The van der Waals surface area contributed by atoms with Gasteiger partial charge in [0, 0.05) is 11.1 Å². The van der Waals surface area contributed by atoms with E-state index in [1.54, 1.807) is 0 Å². The van der Waals surface area contributed by atoms with E-state index in [-0.39, 0.29) is 11.4 Å².